The van der Waals surface area contributed by atoms with E-state index in [0.29, 0.717) is 18.1 Å². The largest absolute Gasteiger partial charge is 0.482 e. The second-order valence-corrected chi connectivity index (χ2v) is 5.15. The van der Waals surface area contributed by atoms with E-state index in [1.807, 2.05) is 6.92 Å². The number of rotatable bonds is 7. The molecule has 2 rings (SSSR count). The average Bonchev–Trinajstić information content (AvgIpc) is 2.88. The van der Waals surface area contributed by atoms with Crippen molar-refractivity contribution in [2.75, 3.05) is 17.6 Å². The van der Waals surface area contributed by atoms with Gasteiger partial charge in [-0.2, -0.15) is 23.3 Å². The number of ether oxygens (including phenoxy) is 1. The maximum absolute atomic E-state index is 12.8. The van der Waals surface area contributed by atoms with Gasteiger partial charge in [0.2, 0.25) is 5.95 Å². The Morgan fingerprint density at radius 3 is 2.75 bits per heavy atom. The van der Waals surface area contributed by atoms with E-state index in [4.69, 9.17) is 10.5 Å². The lowest BCUT2D eigenvalue weighted by Gasteiger charge is -2.11. The smallest absolute Gasteiger partial charge is 0.433 e. The van der Waals surface area contributed by atoms with Crippen LogP contribution in [0.15, 0.2) is 12.3 Å². The van der Waals surface area contributed by atoms with Gasteiger partial charge >= 0.3 is 6.18 Å². The highest BCUT2D eigenvalue weighted by Crippen LogP contribution is 2.29. The molecule has 0 radical (unpaired) electrons. The molecule has 0 amide bonds. The number of anilines is 2. The second kappa shape index (κ2) is 7.37. The Morgan fingerprint density at radius 2 is 2.12 bits per heavy atom. The van der Waals surface area contributed by atoms with Crippen LogP contribution in [-0.2, 0) is 19.8 Å². The number of aryl methyl sites for hydroxylation is 1. The van der Waals surface area contributed by atoms with Crippen molar-refractivity contribution >= 4 is 11.8 Å². The third kappa shape index (κ3) is 4.49. The molecule has 0 bridgehead atoms. The van der Waals surface area contributed by atoms with Gasteiger partial charge in [-0.05, 0) is 12.5 Å². The Morgan fingerprint density at radius 1 is 1.38 bits per heavy atom. The molecular weight excluding hydrogens is 325 g/mol. The number of hydrogen-bond donors (Lipinski definition) is 2. The number of nitrogen functional groups attached to an aromatic ring is 1. The van der Waals surface area contributed by atoms with Crippen LogP contribution in [-0.4, -0.2) is 26.3 Å². The zero-order valence-corrected chi connectivity index (χ0v) is 13.4. The fourth-order valence-electron chi connectivity index (χ4n) is 2.01. The Hall–Kier alpha value is -2.52. The van der Waals surface area contributed by atoms with E-state index in [1.165, 1.54) is 13.2 Å². The van der Waals surface area contributed by atoms with Gasteiger partial charge in [0.05, 0.1) is 6.20 Å². The predicted octanol–water partition coefficient (Wildman–Crippen LogP) is 2.60. The van der Waals surface area contributed by atoms with Gasteiger partial charge in [-0.15, -0.1) is 0 Å². The summed E-state index contributed by atoms with van der Waals surface area (Å²) < 4.78 is 44.6. The number of halogens is 3. The van der Waals surface area contributed by atoms with E-state index < -0.39 is 11.9 Å². The minimum atomic E-state index is -4.46. The van der Waals surface area contributed by atoms with Crippen molar-refractivity contribution in [1.82, 2.24) is 19.7 Å². The van der Waals surface area contributed by atoms with Crippen LogP contribution in [0.4, 0.5) is 24.9 Å². The summed E-state index contributed by atoms with van der Waals surface area (Å²) in [7, 11) is 1.23. The number of alkyl halides is 3. The highest BCUT2D eigenvalue weighted by molar-refractivity contribution is 5.51. The number of aromatic nitrogens is 4. The second-order valence-electron chi connectivity index (χ2n) is 5.15. The van der Waals surface area contributed by atoms with E-state index in [9.17, 15) is 13.2 Å². The maximum Gasteiger partial charge on any atom is 0.433 e. The summed E-state index contributed by atoms with van der Waals surface area (Å²) in [5.41, 5.74) is 4.87. The fourth-order valence-corrected chi connectivity index (χ4v) is 2.01. The molecule has 132 valence electrons. The molecule has 24 heavy (non-hydrogen) atoms. The molecule has 2 aromatic heterocycles. The van der Waals surface area contributed by atoms with Crippen molar-refractivity contribution in [2.24, 2.45) is 7.05 Å². The number of hydrogen-bond acceptors (Lipinski definition) is 6. The van der Waals surface area contributed by atoms with Crippen molar-refractivity contribution < 1.29 is 17.9 Å². The van der Waals surface area contributed by atoms with Crippen LogP contribution in [0.2, 0.25) is 0 Å². The van der Waals surface area contributed by atoms with Crippen LogP contribution < -0.4 is 15.8 Å². The van der Waals surface area contributed by atoms with E-state index in [-0.39, 0.29) is 18.2 Å². The summed E-state index contributed by atoms with van der Waals surface area (Å²) in [5, 5.41) is 6.87. The Bertz CT molecular complexity index is 686. The molecule has 7 nitrogen and oxygen atoms in total. The summed E-state index contributed by atoms with van der Waals surface area (Å²) in [6.07, 6.45) is -1.15. The van der Waals surface area contributed by atoms with Crippen molar-refractivity contribution in [3.63, 3.8) is 0 Å². The molecule has 0 spiro atoms. The summed E-state index contributed by atoms with van der Waals surface area (Å²) in [5.74, 6) is 0.793. The molecule has 0 saturated carbocycles. The van der Waals surface area contributed by atoms with Crippen molar-refractivity contribution in [3.05, 3.63) is 23.7 Å². The molecular formula is C14H19F3N6O. The van der Waals surface area contributed by atoms with Gasteiger partial charge in [0.25, 0.3) is 0 Å². The van der Waals surface area contributed by atoms with Crippen LogP contribution in [0.25, 0.3) is 0 Å². The van der Waals surface area contributed by atoms with Crippen LogP contribution in [0, 0.1) is 0 Å². The molecule has 0 saturated heterocycles. The van der Waals surface area contributed by atoms with Gasteiger partial charge in [0, 0.05) is 13.6 Å². The van der Waals surface area contributed by atoms with Crippen molar-refractivity contribution in [3.8, 4) is 5.75 Å². The lowest BCUT2D eigenvalue weighted by Crippen LogP contribution is -2.11. The zero-order valence-electron chi connectivity index (χ0n) is 13.4. The first-order valence-corrected chi connectivity index (χ1v) is 7.40. The van der Waals surface area contributed by atoms with Crippen LogP contribution >= 0.6 is 0 Å². The first-order chi connectivity index (χ1) is 11.3. The van der Waals surface area contributed by atoms with Gasteiger partial charge in [-0.3, -0.25) is 4.68 Å². The predicted molar refractivity (Wildman–Crippen MR) is 82.4 cm³/mol. The van der Waals surface area contributed by atoms with Crippen LogP contribution in [0.3, 0.4) is 0 Å². The quantitative estimate of drug-likeness (QED) is 0.750. The Balaban J connectivity index is 2.09. The average molecular weight is 344 g/mol. The number of nitrogens with two attached hydrogens (primary N) is 1. The lowest BCUT2D eigenvalue weighted by atomic mass is 10.3. The highest BCUT2D eigenvalue weighted by Gasteiger charge is 2.34. The minimum absolute atomic E-state index is 0.0820. The molecule has 0 aliphatic carbocycles. The summed E-state index contributed by atoms with van der Waals surface area (Å²) in [4.78, 5) is 7.88. The van der Waals surface area contributed by atoms with E-state index >= 15 is 0 Å². The summed E-state index contributed by atoms with van der Waals surface area (Å²) in [6.45, 7) is 2.58. The SMILES string of the molecule is CCCCNc1nc(N)ncc1OCc1cc(C(F)(F)F)n(C)n1. The highest BCUT2D eigenvalue weighted by atomic mass is 19.4. The van der Waals surface area contributed by atoms with E-state index in [0.717, 1.165) is 23.6 Å². The molecule has 10 heteroatoms. The number of unbranched alkanes of at least 4 members (excludes halogenated alkanes) is 1. The summed E-state index contributed by atoms with van der Waals surface area (Å²) >= 11 is 0. The molecule has 0 aromatic carbocycles. The lowest BCUT2D eigenvalue weighted by molar-refractivity contribution is -0.143. The number of nitrogens with one attached hydrogen (secondary N) is 1. The molecule has 0 fully saturated rings. The molecule has 0 aliphatic heterocycles. The monoisotopic (exact) mass is 344 g/mol. The molecule has 2 heterocycles. The molecule has 0 aliphatic rings. The van der Waals surface area contributed by atoms with Gasteiger partial charge < -0.3 is 15.8 Å². The van der Waals surface area contributed by atoms with Crippen LogP contribution in [0.5, 0.6) is 5.75 Å². The molecule has 0 unspecified atom stereocenters. The van der Waals surface area contributed by atoms with Gasteiger partial charge in [-0.1, -0.05) is 13.3 Å². The standard InChI is InChI=1S/C14H19F3N6O/c1-3-4-5-19-12-10(7-20-13(18)21-12)24-8-9-6-11(14(15,16)17)23(2)22-9/h6-7H,3-5,8H2,1-2H3,(H3,18,19,20,21). The van der Waals surface area contributed by atoms with Crippen LogP contribution in [0.1, 0.15) is 31.2 Å². The van der Waals surface area contributed by atoms with Crippen molar-refractivity contribution in [2.45, 2.75) is 32.5 Å². The Labute approximate surface area is 137 Å². The minimum Gasteiger partial charge on any atom is -0.482 e. The third-order valence-corrected chi connectivity index (χ3v) is 3.19. The van der Waals surface area contributed by atoms with E-state index in [2.05, 4.69) is 20.4 Å². The van der Waals surface area contributed by atoms with Gasteiger partial charge in [-0.25, -0.2) is 4.98 Å². The fraction of sp³-hybridized carbons (Fsp3) is 0.500. The molecule has 3 N–H and O–H groups in total. The Kier molecular flexibility index (Phi) is 5.47. The summed E-state index contributed by atoms with van der Waals surface area (Å²) in [6, 6.07) is 0.947. The topological polar surface area (TPSA) is 90.9 Å². The van der Waals surface area contributed by atoms with Gasteiger partial charge in [0.15, 0.2) is 11.6 Å². The first kappa shape index (κ1) is 17.8. The maximum atomic E-state index is 12.8. The normalized spacial score (nSPS) is 11.5. The van der Waals surface area contributed by atoms with E-state index in [1.54, 1.807) is 0 Å². The third-order valence-electron chi connectivity index (χ3n) is 3.19. The van der Waals surface area contributed by atoms with Crippen molar-refractivity contribution in [1.29, 1.82) is 0 Å². The van der Waals surface area contributed by atoms with Gasteiger partial charge in [0.1, 0.15) is 18.0 Å². The zero-order chi connectivity index (χ0) is 17.7. The molecule has 0 atom stereocenters. The number of nitrogens with zero attached hydrogens (tertiary/aromatic N) is 4. The molecule has 2 aromatic rings. The first-order valence-electron chi connectivity index (χ1n) is 7.40.